The normalized spacial score (nSPS) is 16.2. The van der Waals surface area contributed by atoms with Crippen molar-refractivity contribution in [2.24, 2.45) is 0 Å². The fraction of sp³-hybridized carbons (Fsp3) is 0.368. The Labute approximate surface area is 154 Å². The average molecular weight is 369 g/mol. The first-order chi connectivity index (χ1) is 12.2. The van der Waals surface area contributed by atoms with Gasteiger partial charge < -0.3 is 5.32 Å². The predicted octanol–water partition coefficient (Wildman–Crippen LogP) is 4.76. The zero-order valence-electron chi connectivity index (χ0n) is 14.4. The molecule has 0 radical (unpaired) electrons. The SMILES string of the molecule is Cc1nc2cc(-c3cn4cc(C5CCNCC5)nc4s3)cc(C)c2s1. The molecular weight excluding hydrogens is 348 g/mol. The van der Waals surface area contributed by atoms with Crippen molar-refractivity contribution >= 4 is 37.9 Å². The molecule has 4 heterocycles. The maximum atomic E-state index is 4.91. The number of fused-ring (bicyclic) bond motifs is 2. The van der Waals surface area contributed by atoms with Crippen LogP contribution in [0.15, 0.2) is 24.5 Å². The highest BCUT2D eigenvalue weighted by Crippen LogP contribution is 2.35. The zero-order chi connectivity index (χ0) is 17.0. The Morgan fingerprint density at radius 1 is 1.08 bits per heavy atom. The van der Waals surface area contributed by atoms with Gasteiger partial charge in [0.25, 0.3) is 0 Å². The highest BCUT2D eigenvalue weighted by Gasteiger charge is 2.19. The molecule has 1 saturated heterocycles. The number of nitrogens with one attached hydrogen (secondary N) is 1. The van der Waals surface area contributed by atoms with Gasteiger partial charge in [-0.2, -0.15) is 0 Å². The first-order valence-electron chi connectivity index (χ1n) is 8.75. The average Bonchev–Trinajstić information content (AvgIpc) is 3.27. The molecule has 0 saturated carbocycles. The number of imidazole rings is 1. The lowest BCUT2D eigenvalue weighted by Gasteiger charge is -2.20. The molecule has 4 aromatic rings. The molecule has 128 valence electrons. The first-order valence-corrected chi connectivity index (χ1v) is 10.4. The Bertz CT molecular complexity index is 1030. The van der Waals surface area contributed by atoms with E-state index in [4.69, 9.17) is 4.98 Å². The van der Waals surface area contributed by atoms with Crippen molar-refractivity contribution in [3.05, 3.63) is 40.8 Å². The maximum Gasteiger partial charge on any atom is 0.194 e. The van der Waals surface area contributed by atoms with Crippen LogP contribution < -0.4 is 5.32 Å². The molecule has 0 amide bonds. The highest BCUT2D eigenvalue weighted by molar-refractivity contribution is 7.20. The minimum atomic E-state index is 0.605. The summed E-state index contributed by atoms with van der Waals surface area (Å²) in [5.41, 5.74) is 4.91. The number of hydrogen-bond acceptors (Lipinski definition) is 5. The van der Waals surface area contributed by atoms with Crippen LogP contribution in [-0.2, 0) is 0 Å². The Hall–Kier alpha value is -1.76. The lowest BCUT2D eigenvalue weighted by atomic mass is 9.95. The van der Waals surface area contributed by atoms with Crippen LogP contribution in [-0.4, -0.2) is 27.5 Å². The number of aryl methyl sites for hydroxylation is 2. The van der Waals surface area contributed by atoms with Crippen molar-refractivity contribution in [3.8, 4) is 10.4 Å². The van der Waals surface area contributed by atoms with Crippen molar-refractivity contribution in [1.29, 1.82) is 0 Å². The number of aromatic nitrogens is 3. The van der Waals surface area contributed by atoms with Gasteiger partial charge in [0.1, 0.15) is 0 Å². The number of hydrogen-bond donors (Lipinski definition) is 1. The molecule has 0 aliphatic carbocycles. The molecule has 1 aliphatic rings. The molecule has 0 spiro atoms. The van der Waals surface area contributed by atoms with E-state index in [2.05, 4.69) is 53.1 Å². The van der Waals surface area contributed by atoms with Crippen molar-refractivity contribution in [2.75, 3.05) is 13.1 Å². The molecule has 1 N–H and O–H groups in total. The van der Waals surface area contributed by atoms with E-state index < -0.39 is 0 Å². The third-order valence-electron chi connectivity index (χ3n) is 5.00. The monoisotopic (exact) mass is 368 g/mol. The second-order valence-corrected chi connectivity index (χ2v) is 9.06. The Morgan fingerprint density at radius 3 is 2.72 bits per heavy atom. The van der Waals surface area contributed by atoms with Gasteiger partial charge in [0.15, 0.2) is 4.96 Å². The standard InChI is InChI=1S/C19H20N4S2/c1-11-7-14(8-15-18(11)24-12(2)21-15)17-10-23-9-16(22-19(23)25-17)13-3-5-20-6-4-13/h7-10,13,20H,3-6H2,1-2H3. The molecule has 0 unspecified atom stereocenters. The molecule has 1 aromatic carbocycles. The van der Waals surface area contributed by atoms with Gasteiger partial charge in [0, 0.05) is 18.3 Å². The summed E-state index contributed by atoms with van der Waals surface area (Å²) in [4.78, 5) is 11.9. The topological polar surface area (TPSA) is 42.2 Å². The van der Waals surface area contributed by atoms with Crippen molar-refractivity contribution < 1.29 is 0 Å². The number of thiazole rings is 2. The molecule has 0 atom stereocenters. The second kappa shape index (κ2) is 5.90. The summed E-state index contributed by atoms with van der Waals surface area (Å²) in [5, 5.41) is 4.55. The Morgan fingerprint density at radius 2 is 1.92 bits per heavy atom. The number of nitrogens with zero attached hydrogens (tertiary/aromatic N) is 3. The fourth-order valence-electron chi connectivity index (χ4n) is 3.72. The van der Waals surface area contributed by atoms with Gasteiger partial charge in [0.2, 0.25) is 0 Å². The van der Waals surface area contributed by atoms with E-state index in [9.17, 15) is 0 Å². The quantitative estimate of drug-likeness (QED) is 0.555. The molecule has 1 fully saturated rings. The van der Waals surface area contributed by atoms with Crippen molar-refractivity contribution in [3.63, 3.8) is 0 Å². The van der Waals surface area contributed by atoms with E-state index in [0.29, 0.717) is 5.92 Å². The minimum absolute atomic E-state index is 0.605. The fourth-order valence-corrected chi connectivity index (χ4v) is 5.54. The molecule has 25 heavy (non-hydrogen) atoms. The minimum Gasteiger partial charge on any atom is -0.317 e. The lowest BCUT2D eigenvalue weighted by Crippen LogP contribution is -2.26. The summed E-state index contributed by atoms with van der Waals surface area (Å²) in [5.74, 6) is 0.605. The largest absolute Gasteiger partial charge is 0.317 e. The third kappa shape index (κ3) is 2.69. The Kier molecular flexibility index (Phi) is 3.66. The third-order valence-corrected chi connectivity index (χ3v) is 7.17. The van der Waals surface area contributed by atoms with Crippen molar-refractivity contribution in [2.45, 2.75) is 32.6 Å². The van der Waals surface area contributed by atoms with Crippen LogP contribution in [0.3, 0.4) is 0 Å². The van der Waals surface area contributed by atoms with Gasteiger partial charge in [-0.25, -0.2) is 9.97 Å². The van der Waals surface area contributed by atoms with Crippen molar-refractivity contribution in [1.82, 2.24) is 19.7 Å². The van der Waals surface area contributed by atoms with Crippen LogP contribution in [0.4, 0.5) is 0 Å². The summed E-state index contributed by atoms with van der Waals surface area (Å²) < 4.78 is 3.50. The van der Waals surface area contributed by atoms with Gasteiger partial charge in [-0.05, 0) is 63.0 Å². The number of benzene rings is 1. The van der Waals surface area contributed by atoms with Crippen LogP contribution in [0.25, 0.3) is 25.6 Å². The van der Waals surface area contributed by atoms with Gasteiger partial charge in [-0.15, -0.1) is 11.3 Å². The Balaban J connectivity index is 1.53. The van der Waals surface area contributed by atoms with Crippen LogP contribution in [0.1, 0.15) is 35.0 Å². The first kappa shape index (κ1) is 15.5. The van der Waals surface area contributed by atoms with Crippen LogP contribution in [0.5, 0.6) is 0 Å². The van der Waals surface area contributed by atoms with Gasteiger partial charge >= 0.3 is 0 Å². The smallest absolute Gasteiger partial charge is 0.194 e. The van der Waals surface area contributed by atoms with Gasteiger partial charge in [0.05, 0.1) is 25.8 Å². The van der Waals surface area contributed by atoms with E-state index >= 15 is 0 Å². The predicted molar refractivity (Wildman–Crippen MR) is 106 cm³/mol. The van der Waals surface area contributed by atoms with Crippen LogP contribution in [0.2, 0.25) is 0 Å². The van der Waals surface area contributed by atoms with Crippen LogP contribution >= 0.6 is 22.7 Å². The van der Waals surface area contributed by atoms with E-state index in [1.54, 1.807) is 22.7 Å². The number of rotatable bonds is 2. The molecule has 3 aromatic heterocycles. The molecule has 6 heteroatoms. The van der Waals surface area contributed by atoms with Crippen LogP contribution in [0, 0.1) is 13.8 Å². The summed E-state index contributed by atoms with van der Waals surface area (Å²) in [6, 6.07) is 4.49. The molecule has 5 rings (SSSR count). The highest BCUT2D eigenvalue weighted by atomic mass is 32.1. The summed E-state index contributed by atoms with van der Waals surface area (Å²) in [7, 11) is 0. The van der Waals surface area contributed by atoms with E-state index in [1.807, 2.05) is 0 Å². The van der Waals surface area contributed by atoms with E-state index in [0.717, 1.165) is 28.6 Å². The molecule has 0 bridgehead atoms. The molecular formula is C19H20N4S2. The number of piperidine rings is 1. The maximum absolute atomic E-state index is 4.91. The lowest BCUT2D eigenvalue weighted by molar-refractivity contribution is 0.454. The second-order valence-electron chi connectivity index (χ2n) is 6.85. The van der Waals surface area contributed by atoms with E-state index in [1.165, 1.54) is 39.2 Å². The summed E-state index contributed by atoms with van der Waals surface area (Å²) >= 11 is 3.55. The van der Waals surface area contributed by atoms with Gasteiger partial charge in [-0.3, -0.25) is 4.40 Å². The molecule has 1 aliphatic heterocycles. The van der Waals surface area contributed by atoms with Gasteiger partial charge in [-0.1, -0.05) is 11.3 Å². The summed E-state index contributed by atoms with van der Waals surface area (Å²) in [6.07, 6.45) is 6.83. The molecule has 4 nitrogen and oxygen atoms in total. The summed E-state index contributed by atoms with van der Waals surface area (Å²) in [6.45, 7) is 6.46. The van der Waals surface area contributed by atoms with E-state index in [-0.39, 0.29) is 0 Å². The zero-order valence-corrected chi connectivity index (χ0v) is 16.0.